The van der Waals surface area contributed by atoms with Gasteiger partial charge in [-0.15, -0.1) is 0 Å². The van der Waals surface area contributed by atoms with Gasteiger partial charge >= 0.3 is 0 Å². The molecular formula is C12H8N4OS2. The number of thiocarbonyl (C=S) groups is 1. The number of nitrogens with zero attached hydrogens (tertiary/aromatic N) is 3. The van der Waals surface area contributed by atoms with Crippen molar-refractivity contribution in [2.45, 2.75) is 0 Å². The van der Waals surface area contributed by atoms with E-state index in [1.165, 1.54) is 18.1 Å². The van der Waals surface area contributed by atoms with E-state index in [2.05, 4.69) is 15.4 Å². The number of amides is 1. The van der Waals surface area contributed by atoms with Crippen molar-refractivity contribution >= 4 is 40.3 Å². The number of carbonyl (C=O) groups excluding carboxylic acids is 1. The molecule has 0 radical (unpaired) electrons. The van der Waals surface area contributed by atoms with Crippen LogP contribution in [0.2, 0.25) is 0 Å². The normalized spacial score (nSPS) is 16.9. The Morgan fingerprint density at radius 2 is 2.11 bits per heavy atom. The van der Waals surface area contributed by atoms with Crippen LogP contribution in [0.1, 0.15) is 5.56 Å². The third kappa shape index (κ3) is 2.56. The second-order valence-electron chi connectivity index (χ2n) is 3.78. The SMILES string of the molecule is O=C1NC(=S)S/C1=C/c1ccc(-n2cncn2)cc1. The van der Waals surface area contributed by atoms with Gasteiger partial charge in [-0.05, 0) is 23.8 Å². The molecule has 0 spiro atoms. The average molecular weight is 288 g/mol. The first-order valence-electron chi connectivity index (χ1n) is 5.42. The van der Waals surface area contributed by atoms with Gasteiger partial charge in [0.05, 0.1) is 10.6 Å². The van der Waals surface area contributed by atoms with Gasteiger partial charge in [0.2, 0.25) is 0 Å². The predicted molar refractivity (Wildman–Crippen MR) is 77.7 cm³/mol. The van der Waals surface area contributed by atoms with Crippen molar-refractivity contribution in [1.29, 1.82) is 0 Å². The highest BCUT2D eigenvalue weighted by Gasteiger charge is 2.21. The predicted octanol–water partition coefficient (Wildman–Crippen LogP) is 1.76. The molecule has 19 heavy (non-hydrogen) atoms. The van der Waals surface area contributed by atoms with Gasteiger partial charge in [0.25, 0.3) is 5.91 Å². The van der Waals surface area contributed by atoms with Gasteiger partial charge < -0.3 is 5.32 Å². The van der Waals surface area contributed by atoms with Crippen molar-refractivity contribution in [3.8, 4) is 5.69 Å². The maximum absolute atomic E-state index is 11.5. The Hall–Kier alpha value is -1.99. The number of hydrogen-bond acceptors (Lipinski definition) is 5. The van der Waals surface area contributed by atoms with Gasteiger partial charge in [-0.3, -0.25) is 4.79 Å². The number of benzene rings is 1. The number of aromatic nitrogens is 3. The van der Waals surface area contributed by atoms with Crippen LogP contribution >= 0.6 is 24.0 Å². The van der Waals surface area contributed by atoms with Gasteiger partial charge in [0, 0.05) is 0 Å². The molecule has 0 saturated carbocycles. The summed E-state index contributed by atoms with van der Waals surface area (Å²) in [6.07, 6.45) is 4.92. The summed E-state index contributed by atoms with van der Waals surface area (Å²) in [7, 11) is 0. The molecule has 1 saturated heterocycles. The van der Waals surface area contributed by atoms with Crippen molar-refractivity contribution in [2.75, 3.05) is 0 Å². The van der Waals surface area contributed by atoms with Crippen molar-refractivity contribution in [2.24, 2.45) is 0 Å². The minimum absolute atomic E-state index is 0.143. The molecule has 1 aromatic carbocycles. The molecule has 1 amide bonds. The lowest BCUT2D eigenvalue weighted by Crippen LogP contribution is -2.17. The summed E-state index contributed by atoms with van der Waals surface area (Å²) < 4.78 is 2.17. The van der Waals surface area contributed by atoms with Crippen LogP contribution in [0.25, 0.3) is 11.8 Å². The van der Waals surface area contributed by atoms with Gasteiger partial charge in [0.1, 0.15) is 17.0 Å². The standard InChI is InChI=1S/C12H8N4OS2/c17-11-10(19-12(18)15-11)5-8-1-3-9(4-2-8)16-7-13-6-14-16/h1-7H,(H,15,17,18)/b10-5+. The molecule has 1 fully saturated rings. The topological polar surface area (TPSA) is 59.8 Å². The van der Waals surface area contributed by atoms with Gasteiger partial charge in [-0.2, -0.15) is 5.10 Å². The lowest BCUT2D eigenvalue weighted by Gasteiger charge is -2.00. The molecular weight excluding hydrogens is 280 g/mol. The third-order valence-electron chi connectivity index (χ3n) is 2.52. The molecule has 2 heterocycles. The molecule has 5 nitrogen and oxygen atoms in total. The van der Waals surface area contributed by atoms with E-state index in [1.54, 1.807) is 11.0 Å². The fourth-order valence-corrected chi connectivity index (χ4v) is 2.68. The van der Waals surface area contributed by atoms with Crippen LogP contribution in [0.3, 0.4) is 0 Å². The first-order chi connectivity index (χ1) is 9.22. The van der Waals surface area contributed by atoms with Crippen LogP contribution in [0.15, 0.2) is 41.8 Å². The Morgan fingerprint density at radius 1 is 1.32 bits per heavy atom. The smallest absolute Gasteiger partial charge is 0.263 e. The minimum atomic E-state index is -0.143. The molecule has 94 valence electrons. The van der Waals surface area contributed by atoms with E-state index >= 15 is 0 Å². The highest BCUT2D eigenvalue weighted by Crippen LogP contribution is 2.25. The Kier molecular flexibility index (Phi) is 3.14. The summed E-state index contributed by atoms with van der Waals surface area (Å²) >= 11 is 6.21. The maximum Gasteiger partial charge on any atom is 0.263 e. The van der Waals surface area contributed by atoms with Crippen molar-refractivity contribution < 1.29 is 4.79 Å². The van der Waals surface area contributed by atoms with Gasteiger partial charge in [-0.1, -0.05) is 36.1 Å². The van der Waals surface area contributed by atoms with Crippen LogP contribution in [-0.4, -0.2) is 25.0 Å². The number of rotatable bonds is 2. The lowest BCUT2D eigenvalue weighted by molar-refractivity contribution is -0.115. The van der Waals surface area contributed by atoms with E-state index < -0.39 is 0 Å². The first kappa shape index (κ1) is 12.1. The Labute approximate surface area is 118 Å². The van der Waals surface area contributed by atoms with E-state index in [-0.39, 0.29) is 5.91 Å². The molecule has 0 atom stereocenters. The van der Waals surface area contributed by atoms with Gasteiger partial charge in [0.15, 0.2) is 0 Å². The highest BCUT2D eigenvalue weighted by molar-refractivity contribution is 8.26. The molecule has 0 bridgehead atoms. The molecule has 2 aromatic rings. The zero-order valence-electron chi connectivity index (χ0n) is 9.61. The first-order valence-corrected chi connectivity index (χ1v) is 6.65. The number of carbonyl (C=O) groups is 1. The zero-order chi connectivity index (χ0) is 13.2. The summed E-state index contributed by atoms with van der Waals surface area (Å²) in [5.74, 6) is -0.143. The summed E-state index contributed by atoms with van der Waals surface area (Å²) in [4.78, 5) is 16.0. The molecule has 1 aliphatic heterocycles. The van der Waals surface area contributed by atoms with Crippen LogP contribution in [0.5, 0.6) is 0 Å². The van der Waals surface area contributed by atoms with Crippen molar-refractivity contribution in [3.63, 3.8) is 0 Å². The number of hydrogen-bond donors (Lipinski definition) is 1. The summed E-state index contributed by atoms with van der Waals surface area (Å²) in [5.41, 5.74) is 1.85. The zero-order valence-corrected chi connectivity index (χ0v) is 11.2. The van der Waals surface area contributed by atoms with Crippen LogP contribution in [0.4, 0.5) is 0 Å². The molecule has 0 unspecified atom stereocenters. The van der Waals surface area contributed by atoms with E-state index in [9.17, 15) is 4.79 Å². The summed E-state index contributed by atoms with van der Waals surface area (Å²) in [5, 5.41) is 6.63. The summed E-state index contributed by atoms with van der Waals surface area (Å²) in [6.45, 7) is 0. The van der Waals surface area contributed by atoms with Crippen LogP contribution < -0.4 is 5.32 Å². The lowest BCUT2D eigenvalue weighted by atomic mass is 10.2. The fraction of sp³-hybridized carbons (Fsp3) is 0. The van der Waals surface area contributed by atoms with Crippen LogP contribution in [-0.2, 0) is 4.79 Å². The van der Waals surface area contributed by atoms with Crippen molar-refractivity contribution in [1.82, 2.24) is 20.1 Å². The highest BCUT2D eigenvalue weighted by atomic mass is 32.2. The second kappa shape index (κ2) is 4.94. The van der Waals surface area contributed by atoms with Gasteiger partial charge in [-0.25, -0.2) is 9.67 Å². The van der Waals surface area contributed by atoms with E-state index in [1.807, 2.05) is 30.3 Å². The molecule has 1 aliphatic rings. The molecule has 1 aromatic heterocycles. The molecule has 0 aliphatic carbocycles. The largest absolute Gasteiger partial charge is 0.307 e. The second-order valence-corrected chi connectivity index (χ2v) is 5.50. The summed E-state index contributed by atoms with van der Waals surface area (Å²) in [6, 6.07) is 7.66. The Bertz CT molecular complexity index is 662. The average Bonchev–Trinajstić information content (AvgIpc) is 3.01. The Balaban J connectivity index is 1.86. The van der Waals surface area contributed by atoms with Crippen molar-refractivity contribution in [3.05, 3.63) is 47.4 Å². The third-order valence-corrected chi connectivity index (χ3v) is 3.68. The maximum atomic E-state index is 11.5. The van der Waals surface area contributed by atoms with E-state index in [0.29, 0.717) is 9.23 Å². The van der Waals surface area contributed by atoms with E-state index in [0.717, 1.165) is 11.3 Å². The number of nitrogens with one attached hydrogen (secondary N) is 1. The van der Waals surface area contributed by atoms with Crippen LogP contribution in [0, 0.1) is 0 Å². The fourth-order valence-electron chi connectivity index (χ4n) is 1.64. The minimum Gasteiger partial charge on any atom is -0.307 e. The van der Waals surface area contributed by atoms with E-state index in [4.69, 9.17) is 12.2 Å². The quantitative estimate of drug-likeness (QED) is 0.674. The Morgan fingerprint density at radius 3 is 2.68 bits per heavy atom. The molecule has 3 rings (SSSR count). The molecule has 7 heteroatoms. The number of thioether (sulfide) groups is 1. The molecule has 1 N–H and O–H groups in total. The monoisotopic (exact) mass is 288 g/mol.